The molecule has 0 saturated carbocycles. The number of rotatable bonds is 2. The Kier molecular flexibility index (Phi) is 3.96. The Morgan fingerprint density at radius 3 is 2.81 bits per heavy atom. The number of hydrogen-bond donors (Lipinski definition) is 1. The maximum atomic E-state index is 13.2. The van der Waals surface area contributed by atoms with Crippen molar-refractivity contribution in [3.05, 3.63) is 53.9 Å². The Morgan fingerprint density at radius 1 is 1.07 bits per heavy atom. The summed E-state index contributed by atoms with van der Waals surface area (Å²) in [6.07, 6.45) is 2.73. The van der Waals surface area contributed by atoms with Gasteiger partial charge in [-0.1, -0.05) is 12.1 Å². The zero-order chi connectivity index (χ0) is 18.2. The Labute approximate surface area is 157 Å². The van der Waals surface area contributed by atoms with Gasteiger partial charge in [0, 0.05) is 18.5 Å². The van der Waals surface area contributed by atoms with Crippen molar-refractivity contribution in [1.29, 1.82) is 0 Å². The summed E-state index contributed by atoms with van der Waals surface area (Å²) >= 11 is 0. The average Bonchev–Trinajstić information content (AvgIpc) is 3.28. The maximum Gasteiger partial charge on any atom is 0.254 e. The fraction of sp³-hybridized carbons (Fsp3) is 0.333. The third kappa shape index (κ3) is 2.91. The van der Waals surface area contributed by atoms with E-state index in [4.69, 9.17) is 14.5 Å². The molecule has 6 nitrogen and oxygen atoms in total. The molecule has 1 N–H and O–H groups in total. The van der Waals surface area contributed by atoms with Crippen LogP contribution in [0, 0.1) is 0 Å². The minimum Gasteiger partial charge on any atom is -0.490 e. The number of hydrogen-bond acceptors (Lipinski definition) is 4. The molecule has 0 aliphatic carbocycles. The number of fused-ring (bicyclic) bond motifs is 2. The molecule has 2 aromatic carbocycles. The third-order valence-corrected chi connectivity index (χ3v) is 5.23. The van der Waals surface area contributed by atoms with Gasteiger partial charge >= 0.3 is 0 Å². The Hall–Kier alpha value is -3.02. The highest BCUT2D eigenvalue weighted by molar-refractivity contribution is 5.95. The number of aromatic amines is 1. The van der Waals surface area contributed by atoms with Crippen molar-refractivity contribution in [1.82, 2.24) is 14.9 Å². The smallest absolute Gasteiger partial charge is 0.254 e. The lowest BCUT2D eigenvalue weighted by Gasteiger charge is -2.23. The highest BCUT2D eigenvalue weighted by atomic mass is 16.5. The van der Waals surface area contributed by atoms with Crippen molar-refractivity contribution in [2.75, 3.05) is 19.8 Å². The fourth-order valence-corrected chi connectivity index (χ4v) is 3.89. The van der Waals surface area contributed by atoms with E-state index in [0.29, 0.717) is 30.3 Å². The van der Waals surface area contributed by atoms with Gasteiger partial charge in [0.25, 0.3) is 5.91 Å². The van der Waals surface area contributed by atoms with Gasteiger partial charge in [-0.2, -0.15) is 0 Å². The van der Waals surface area contributed by atoms with Crippen LogP contribution in [0.5, 0.6) is 11.5 Å². The lowest BCUT2D eigenvalue weighted by atomic mass is 10.1. The summed E-state index contributed by atoms with van der Waals surface area (Å²) in [7, 11) is 0. The minimum atomic E-state index is -0.0270. The van der Waals surface area contributed by atoms with Gasteiger partial charge in [0.1, 0.15) is 5.82 Å². The van der Waals surface area contributed by atoms with Gasteiger partial charge in [-0.25, -0.2) is 4.98 Å². The number of carbonyl (C=O) groups is 1. The molecule has 3 aromatic rings. The van der Waals surface area contributed by atoms with Crippen LogP contribution in [-0.2, 0) is 0 Å². The van der Waals surface area contributed by atoms with Crippen LogP contribution >= 0.6 is 0 Å². The first-order valence-corrected chi connectivity index (χ1v) is 9.45. The normalized spacial score (nSPS) is 19.3. The molecule has 5 rings (SSSR count). The molecule has 1 amide bonds. The number of imidazole rings is 1. The second-order valence-electron chi connectivity index (χ2n) is 7.01. The number of nitrogens with one attached hydrogen (secondary N) is 1. The number of aromatic nitrogens is 2. The van der Waals surface area contributed by atoms with E-state index in [1.54, 1.807) is 6.07 Å². The summed E-state index contributed by atoms with van der Waals surface area (Å²) in [5, 5.41) is 0. The van der Waals surface area contributed by atoms with Crippen molar-refractivity contribution >= 4 is 16.9 Å². The number of ether oxygens (including phenoxy) is 2. The molecular formula is C21H21N3O3. The average molecular weight is 363 g/mol. The first kappa shape index (κ1) is 16.2. The zero-order valence-electron chi connectivity index (χ0n) is 15.0. The van der Waals surface area contributed by atoms with E-state index >= 15 is 0 Å². The highest BCUT2D eigenvalue weighted by Gasteiger charge is 2.33. The number of para-hydroxylation sites is 2. The second kappa shape index (κ2) is 6.61. The zero-order valence-corrected chi connectivity index (χ0v) is 15.0. The van der Waals surface area contributed by atoms with E-state index in [9.17, 15) is 4.79 Å². The standard InChI is InChI=1S/C21H21N3O3/c25-21(14-8-9-18-19(13-14)27-12-4-11-26-18)24-10-3-7-17(24)20-22-15-5-1-2-6-16(15)23-20/h1-2,5-6,8-9,13,17H,3-4,7,10-12H2,(H,22,23)/t17-/m1/s1. The molecule has 27 heavy (non-hydrogen) atoms. The molecule has 1 fully saturated rings. The molecule has 0 bridgehead atoms. The fourth-order valence-electron chi connectivity index (χ4n) is 3.89. The highest BCUT2D eigenvalue weighted by Crippen LogP contribution is 2.35. The summed E-state index contributed by atoms with van der Waals surface area (Å²) in [5.41, 5.74) is 2.56. The van der Waals surface area contributed by atoms with Gasteiger partial charge in [-0.05, 0) is 43.2 Å². The Balaban J connectivity index is 1.44. The van der Waals surface area contributed by atoms with Gasteiger partial charge in [0.2, 0.25) is 0 Å². The lowest BCUT2D eigenvalue weighted by molar-refractivity contribution is 0.0730. The van der Waals surface area contributed by atoms with Crippen molar-refractivity contribution in [2.45, 2.75) is 25.3 Å². The molecular weight excluding hydrogens is 342 g/mol. The number of nitrogens with zero attached hydrogens (tertiary/aromatic N) is 2. The Morgan fingerprint density at radius 2 is 1.93 bits per heavy atom. The molecule has 138 valence electrons. The summed E-state index contributed by atoms with van der Waals surface area (Å²) in [6.45, 7) is 1.98. The quantitative estimate of drug-likeness (QED) is 0.754. The van der Waals surface area contributed by atoms with Crippen molar-refractivity contribution in [3.63, 3.8) is 0 Å². The topological polar surface area (TPSA) is 67.5 Å². The molecule has 0 spiro atoms. The largest absolute Gasteiger partial charge is 0.490 e. The molecule has 3 heterocycles. The van der Waals surface area contributed by atoms with Crippen molar-refractivity contribution < 1.29 is 14.3 Å². The van der Waals surface area contributed by atoms with Gasteiger partial charge < -0.3 is 19.4 Å². The number of likely N-dealkylation sites (tertiary alicyclic amines) is 1. The van der Waals surface area contributed by atoms with E-state index in [0.717, 1.165) is 42.7 Å². The van der Waals surface area contributed by atoms with Gasteiger partial charge in [0.05, 0.1) is 30.3 Å². The van der Waals surface area contributed by atoms with E-state index in [1.807, 2.05) is 41.3 Å². The third-order valence-electron chi connectivity index (χ3n) is 5.23. The number of amides is 1. The van der Waals surface area contributed by atoms with E-state index in [2.05, 4.69) is 4.98 Å². The summed E-state index contributed by atoms with van der Waals surface area (Å²) < 4.78 is 11.4. The van der Waals surface area contributed by atoms with Crippen LogP contribution in [0.3, 0.4) is 0 Å². The van der Waals surface area contributed by atoms with Crippen LogP contribution in [0.1, 0.15) is 41.5 Å². The molecule has 2 aliphatic heterocycles. The first-order chi connectivity index (χ1) is 13.3. The number of H-pyrrole nitrogens is 1. The summed E-state index contributed by atoms with van der Waals surface area (Å²) in [5.74, 6) is 2.22. The van der Waals surface area contributed by atoms with Gasteiger partial charge in [-0.3, -0.25) is 4.79 Å². The van der Waals surface area contributed by atoms with Crippen LogP contribution in [0.25, 0.3) is 11.0 Å². The van der Waals surface area contributed by atoms with E-state index in [-0.39, 0.29) is 11.9 Å². The molecule has 1 saturated heterocycles. The SMILES string of the molecule is O=C(c1ccc2c(c1)OCCCO2)N1CCC[C@@H]1c1nc2ccccc2[nH]1. The van der Waals surface area contributed by atoms with Gasteiger partial charge in [0.15, 0.2) is 11.5 Å². The van der Waals surface area contributed by atoms with Crippen LogP contribution in [0.4, 0.5) is 0 Å². The molecule has 0 unspecified atom stereocenters. The number of benzene rings is 2. The molecule has 1 atom stereocenters. The van der Waals surface area contributed by atoms with Crippen LogP contribution in [0.15, 0.2) is 42.5 Å². The Bertz CT molecular complexity index is 964. The molecule has 6 heteroatoms. The molecule has 1 aromatic heterocycles. The predicted octanol–water partition coefficient (Wildman–Crippen LogP) is 3.70. The minimum absolute atomic E-state index is 0.00797. The van der Waals surface area contributed by atoms with Crippen LogP contribution in [-0.4, -0.2) is 40.5 Å². The van der Waals surface area contributed by atoms with Crippen LogP contribution in [0.2, 0.25) is 0 Å². The van der Waals surface area contributed by atoms with Crippen molar-refractivity contribution in [2.24, 2.45) is 0 Å². The van der Waals surface area contributed by atoms with Gasteiger partial charge in [-0.15, -0.1) is 0 Å². The number of carbonyl (C=O) groups excluding carboxylic acids is 1. The lowest BCUT2D eigenvalue weighted by Crippen LogP contribution is -2.31. The second-order valence-corrected chi connectivity index (χ2v) is 7.01. The monoisotopic (exact) mass is 363 g/mol. The summed E-state index contributed by atoms with van der Waals surface area (Å²) in [4.78, 5) is 23.2. The van der Waals surface area contributed by atoms with E-state index < -0.39 is 0 Å². The maximum absolute atomic E-state index is 13.2. The molecule has 0 radical (unpaired) electrons. The molecule has 2 aliphatic rings. The van der Waals surface area contributed by atoms with E-state index in [1.165, 1.54) is 0 Å². The summed E-state index contributed by atoms with van der Waals surface area (Å²) in [6, 6.07) is 13.4. The van der Waals surface area contributed by atoms with Crippen LogP contribution < -0.4 is 9.47 Å². The first-order valence-electron chi connectivity index (χ1n) is 9.45. The predicted molar refractivity (Wildman–Crippen MR) is 101 cm³/mol. The van der Waals surface area contributed by atoms with Crippen molar-refractivity contribution in [3.8, 4) is 11.5 Å².